The Balaban J connectivity index is 1.58. The maximum Gasteiger partial charge on any atom is 0.227 e. The Bertz CT molecular complexity index is 691. The number of carbonyl (C=O) groups is 1. The van der Waals surface area contributed by atoms with Crippen molar-refractivity contribution < 1.29 is 9.32 Å². The molecule has 1 aromatic carbocycles. The zero-order valence-electron chi connectivity index (χ0n) is 15.3. The van der Waals surface area contributed by atoms with Gasteiger partial charge in [-0.25, -0.2) is 0 Å². The number of hydrogen-bond donors (Lipinski definition) is 1. The highest BCUT2D eigenvalue weighted by atomic mass is 16.5. The van der Waals surface area contributed by atoms with Crippen LogP contribution in [0.3, 0.4) is 0 Å². The minimum Gasteiger partial charge on any atom is -0.361 e. The van der Waals surface area contributed by atoms with Crippen LogP contribution in [0.15, 0.2) is 34.9 Å². The van der Waals surface area contributed by atoms with Gasteiger partial charge in [0.25, 0.3) is 0 Å². The first-order valence-electron chi connectivity index (χ1n) is 9.04. The quantitative estimate of drug-likeness (QED) is 0.907. The van der Waals surface area contributed by atoms with Crippen molar-refractivity contribution in [2.45, 2.75) is 52.1 Å². The average molecular weight is 341 g/mol. The summed E-state index contributed by atoms with van der Waals surface area (Å²) in [6.45, 7) is 8.59. The summed E-state index contributed by atoms with van der Waals surface area (Å²) in [6, 6.07) is 10.7. The highest BCUT2D eigenvalue weighted by molar-refractivity contribution is 5.84. The third-order valence-electron chi connectivity index (χ3n) is 5.02. The summed E-state index contributed by atoms with van der Waals surface area (Å²) in [5.74, 6) is 0.547. The van der Waals surface area contributed by atoms with Gasteiger partial charge in [-0.1, -0.05) is 35.5 Å². The topological polar surface area (TPSA) is 58.4 Å². The van der Waals surface area contributed by atoms with Crippen molar-refractivity contribution in [3.8, 4) is 0 Å². The second-order valence-electron chi connectivity index (χ2n) is 7.03. The summed E-state index contributed by atoms with van der Waals surface area (Å²) in [5, 5.41) is 7.19. The van der Waals surface area contributed by atoms with E-state index in [2.05, 4.69) is 39.6 Å². The van der Waals surface area contributed by atoms with Gasteiger partial charge in [0, 0.05) is 24.7 Å². The average Bonchev–Trinajstić information content (AvgIpc) is 2.94. The van der Waals surface area contributed by atoms with Crippen LogP contribution in [-0.2, 0) is 11.3 Å². The summed E-state index contributed by atoms with van der Waals surface area (Å²) in [4.78, 5) is 15.1. The van der Waals surface area contributed by atoms with Gasteiger partial charge in [-0.3, -0.25) is 9.69 Å². The summed E-state index contributed by atoms with van der Waals surface area (Å²) in [6.07, 6.45) is 2.14. The van der Waals surface area contributed by atoms with E-state index in [0.29, 0.717) is 0 Å². The van der Waals surface area contributed by atoms with Crippen molar-refractivity contribution in [1.29, 1.82) is 0 Å². The Morgan fingerprint density at radius 2 is 2.12 bits per heavy atom. The lowest BCUT2D eigenvalue weighted by Gasteiger charge is -2.33. The molecule has 0 radical (unpaired) electrons. The molecule has 1 amide bonds. The summed E-state index contributed by atoms with van der Waals surface area (Å²) in [7, 11) is 0. The van der Waals surface area contributed by atoms with Gasteiger partial charge in [0.05, 0.1) is 11.6 Å². The van der Waals surface area contributed by atoms with E-state index < -0.39 is 0 Å². The van der Waals surface area contributed by atoms with E-state index in [4.69, 9.17) is 4.52 Å². The highest BCUT2D eigenvalue weighted by Gasteiger charge is 2.27. The van der Waals surface area contributed by atoms with Gasteiger partial charge in [-0.15, -0.1) is 0 Å². The largest absolute Gasteiger partial charge is 0.361 e. The lowest BCUT2D eigenvalue weighted by Crippen LogP contribution is -2.48. The zero-order valence-corrected chi connectivity index (χ0v) is 15.3. The minimum atomic E-state index is -0.240. The number of nitrogens with zero attached hydrogens (tertiary/aromatic N) is 2. The number of amides is 1. The number of likely N-dealkylation sites (tertiary alicyclic amines) is 1. The van der Waals surface area contributed by atoms with Crippen LogP contribution in [0.1, 0.15) is 48.3 Å². The monoisotopic (exact) mass is 341 g/mol. The van der Waals surface area contributed by atoms with E-state index in [0.717, 1.165) is 49.5 Å². The first-order valence-corrected chi connectivity index (χ1v) is 9.04. The molecule has 1 aromatic heterocycles. The van der Waals surface area contributed by atoms with Crippen molar-refractivity contribution in [2.24, 2.45) is 0 Å². The molecule has 3 rings (SSSR count). The predicted molar refractivity (Wildman–Crippen MR) is 97.3 cm³/mol. The lowest BCUT2D eigenvalue weighted by atomic mass is 9.97. The van der Waals surface area contributed by atoms with Gasteiger partial charge in [-0.2, -0.15) is 0 Å². The molecule has 0 unspecified atom stereocenters. The van der Waals surface area contributed by atoms with E-state index in [-0.39, 0.29) is 17.9 Å². The first-order chi connectivity index (χ1) is 12.0. The fourth-order valence-corrected chi connectivity index (χ4v) is 3.72. The molecular weight excluding hydrogens is 314 g/mol. The van der Waals surface area contributed by atoms with Crippen molar-refractivity contribution >= 4 is 5.91 Å². The van der Waals surface area contributed by atoms with E-state index in [1.165, 1.54) is 5.56 Å². The van der Waals surface area contributed by atoms with Crippen LogP contribution < -0.4 is 5.32 Å². The highest BCUT2D eigenvalue weighted by Crippen LogP contribution is 2.24. The van der Waals surface area contributed by atoms with Crippen molar-refractivity contribution in [3.63, 3.8) is 0 Å². The fraction of sp³-hybridized carbons (Fsp3) is 0.500. The number of nitrogens with one attached hydrogen (secondary N) is 1. The van der Waals surface area contributed by atoms with Crippen LogP contribution in [0, 0.1) is 13.8 Å². The molecule has 2 heterocycles. The Labute approximate surface area is 149 Å². The molecule has 1 N–H and O–H groups in total. The Morgan fingerprint density at radius 3 is 2.80 bits per heavy atom. The second-order valence-corrected chi connectivity index (χ2v) is 7.03. The standard InChI is InChI=1S/C20H27N3O2/c1-14(19-15(2)22-25-16(19)3)20(24)21-18-10-7-11-23(13-18)12-17-8-5-4-6-9-17/h4-6,8-9,14,18H,7,10-13H2,1-3H3,(H,21,24)/t14-,18-/m0/s1. The number of hydrogen-bond acceptors (Lipinski definition) is 4. The summed E-state index contributed by atoms with van der Waals surface area (Å²) >= 11 is 0. The molecular formula is C20H27N3O2. The van der Waals surface area contributed by atoms with Crippen LogP contribution >= 0.6 is 0 Å². The third-order valence-corrected chi connectivity index (χ3v) is 5.02. The molecule has 1 saturated heterocycles. The van der Waals surface area contributed by atoms with Gasteiger partial charge in [0.1, 0.15) is 5.76 Å². The van der Waals surface area contributed by atoms with Crippen LogP contribution in [0.2, 0.25) is 0 Å². The van der Waals surface area contributed by atoms with Crippen LogP contribution in [-0.4, -0.2) is 35.1 Å². The molecule has 0 spiro atoms. The molecule has 0 bridgehead atoms. The first kappa shape index (κ1) is 17.7. The number of aryl methyl sites for hydroxylation is 2. The lowest BCUT2D eigenvalue weighted by molar-refractivity contribution is -0.123. The van der Waals surface area contributed by atoms with Crippen molar-refractivity contribution in [1.82, 2.24) is 15.4 Å². The fourth-order valence-electron chi connectivity index (χ4n) is 3.72. The maximum absolute atomic E-state index is 12.7. The molecule has 0 aliphatic carbocycles. The van der Waals surface area contributed by atoms with Crippen LogP contribution in [0.4, 0.5) is 0 Å². The molecule has 25 heavy (non-hydrogen) atoms. The van der Waals surface area contributed by atoms with Crippen LogP contribution in [0.5, 0.6) is 0 Å². The van der Waals surface area contributed by atoms with E-state index in [1.54, 1.807) is 0 Å². The van der Waals surface area contributed by atoms with E-state index in [1.807, 2.05) is 26.8 Å². The van der Waals surface area contributed by atoms with Gasteiger partial charge < -0.3 is 9.84 Å². The molecule has 2 aromatic rings. The number of rotatable bonds is 5. The Hall–Kier alpha value is -2.14. The Morgan fingerprint density at radius 1 is 1.36 bits per heavy atom. The Kier molecular flexibility index (Phi) is 5.53. The molecule has 1 fully saturated rings. The molecule has 2 atom stereocenters. The smallest absolute Gasteiger partial charge is 0.227 e. The molecule has 1 aliphatic rings. The third kappa shape index (κ3) is 4.28. The molecule has 1 aliphatic heterocycles. The zero-order chi connectivity index (χ0) is 17.8. The normalized spacial score (nSPS) is 19.6. The molecule has 0 saturated carbocycles. The minimum absolute atomic E-state index is 0.0564. The summed E-state index contributed by atoms with van der Waals surface area (Å²) < 4.78 is 5.20. The van der Waals surface area contributed by atoms with Crippen LogP contribution in [0.25, 0.3) is 0 Å². The maximum atomic E-state index is 12.7. The number of carbonyl (C=O) groups excluding carboxylic acids is 1. The van der Waals surface area contributed by atoms with Gasteiger partial charge >= 0.3 is 0 Å². The van der Waals surface area contributed by atoms with Gasteiger partial charge in [0.15, 0.2) is 0 Å². The molecule has 5 heteroatoms. The van der Waals surface area contributed by atoms with E-state index >= 15 is 0 Å². The SMILES string of the molecule is Cc1noc(C)c1[C@H](C)C(=O)N[C@H]1CCCN(Cc2ccccc2)C1. The van der Waals surface area contributed by atoms with Crippen molar-refractivity contribution in [2.75, 3.05) is 13.1 Å². The molecule has 5 nitrogen and oxygen atoms in total. The number of piperidine rings is 1. The van der Waals surface area contributed by atoms with Gasteiger partial charge in [0.2, 0.25) is 5.91 Å². The second kappa shape index (κ2) is 7.83. The van der Waals surface area contributed by atoms with Gasteiger partial charge in [-0.05, 0) is 45.7 Å². The summed E-state index contributed by atoms with van der Waals surface area (Å²) in [5.41, 5.74) is 3.03. The predicted octanol–water partition coefficient (Wildman–Crippen LogP) is 3.18. The molecule has 134 valence electrons. The van der Waals surface area contributed by atoms with Crippen molar-refractivity contribution in [3.05, 3.63) is 52.9 Å². The number of aromatic nitrogens is 1. The van der Waals surface area contributed by atoms with E-state index in [9.17, 15) is 4.79 Å². The number of benzene rings is 1.